The molecule has 3 aromatic rings. The first kappa shape index (κ1) is 28.1. The molecule has 13 heteroatoms. The second kappa shape index (κ2) is 10.7. The molecule has 7 nitrogen and oxygen atoms in total. The summed E-state index contributed by atoms with van der Waals surface area (Å²) in [5.74, 6) is -5.81. The van der Waals surface area contributed by atoms with Gasteiger partial charge in [0.15, 0.2) is 17.5 Å². The fourth-order valence-electron chi connectivity index (χ4n) is 4.00. The van der Waals surface area contributed by atoms with Gasteiger partial charge in [0.1, 0.15) is 10.6 Å². The van der Waals surface area contributed by atoms with E-state index in [1.54, 1.807) is 0 Å². The summed E-state index contributed by atoms with van der Waals surface area (Å²) in [4.78, 5) is 12.1. The number of primary amides is 1. The van der Waals surface area contributed by atoms with Crippen molar-refractivity contribution in [3.8, 4) is 0 Å². The molecule has 1 aliphatic carbocycles. The SMILES string of the molecule is COCC1(S(=O)(=O)Nc2cccc(Cc3cc(C(N)=O)c(Nc4ccc(I)cc4F)c(F)c3F)c2F)CC1. The van der Waals surface area contributed by atoms with Crippen LogP contribution in [0.5, 0.6) is 0 Å². The van der Waals surface area contributed by atoms with Gasteiger partial charge in [0.2, 0.25) is 10.0 Å². The molecule has 0 saturated heterocycles. The van der Waals surface area contributed by atoms with Crippen molar-refractivity contribution in [2.75, 3.05) is 23.8 Å². The van der Waals surface area contributed by atoms with Crippen LogP contribution in [-0.4, -0.2) is 32.8 Å². The molecule has 1 saturated carbocycles. The number of carbonyl (C=O) groups excluding carboxylic acids is 1. The van der Waals surface area contributed by atoms with Crippen molar-refractivity contribution in [1.29, 1.82) is 0 Å². The molecule has 0 spiro atoms. The van der Waals surface area contributed by atoms with Crippen molar-refractivity contribution < 1.29 is 35.5 Å². The number of nitrogens with one attached hydrogen (secondary N) is 2. The quantitative estimate of drug-likeness (QED) is 0.204. The Morgan fingerprint density at radius 3 is 2.34 bits per heavy atom. The molecule has 1 aliphatic rings. The van der Waals surface area contributed by atoms with Gasteiger partial charge in [0.25, 0.3) is 5.91 Å². The molecule has 4 rings (SSSR count). The first-order chi connectivity index (χ1) is 17.9. The molecular weight excluding hydrogens is 641 g/mol. The number of benzene rings is 3. The van der Waals surface area contributed by atoms with Crippen molar-refractivity contribution in [1.82, 2.24) is 0 Å². The highest BCUT2D eigenvalue weighted by atomic mass is 127. The Bertz CT molecular complexity index is 1530. The van der Waals surface area contributed by atoms with E-state index in [4.69, 9.17) is 10.5 Å². The average Bonchev–Trinajstić information content (AvgIpc) is 3.64. The number of nitrogens with two attached hydrogens (primary N) is 1. The number of rotatable bonds is 10. The van der Waals surface area contributed by atoms with Crippen LogP contribution in [0.15, 0.2) is 42.5 Å². The normalized spacial score (nSPS) is 14.3. The number of carbonyl (C=O) groups is 1. The van der Waals surface area contributed by atoms with Gasteiger partial charge in [-0.3, -0.25) is 9.52 Å². The number of halogens is 5. The summed E-state index contributed by atoms with van der Waals surface area (Å²) in [6.45, 7) is -0.0590. The molecule has 1 amide bonds. The standard InChI is InChI=1S/C25H22F4IN3O4S/c1-37-12-25(7-8-25)38(35,36)33-19-4-2-3-13(20(19)27)9-14-10-16(24(31)34)23(22(29)21(14)28)32-18-6-5-15(30)11-17(18)26/h2-6,10-11,32-33H,7-9,12H2,1H3,(H2,31,34). The van der Waals surface area contributed by atoms with Crippen molar-refractivity contribution in [3.05, 3.63) is 86.0 Å². The third kappa shape index (κ3) is 5.45. The molecular formula is C25H22F4IN3O4S. The summed E-state index contributed by atoms with van der Waals surface area (Å²) in [5, 5.41) is 2.37. The summed E-state index contributed by atoms with van der Waals surface area (Å²) in [7, 11) is -2.64. The Hall–Kier alpha value is -2.91. The van der Waals surface area contributed by atoms with Crippen LogP contribution in [0.2, 0.25) is 0 Å². The zero-order chi connectivity index (χ0) is 27.8. The summed E-state index contributed by atoms with van der Waals surface area (Å²) in [5.41, 5.74) is 3.06. The van der Waals surface area contributed by atoms with E-state index in [-0.39, 0.29) is 23.5 Å². The zero-order valence-corrected chi connectivity index (χ0v) is 22.9. The number of ether oxygens (including phenoxy) is 1. The van der Waals surface area contributed by atoms with E-state index in [1.807, 2.05) is 22.6 Å². The number of hydrogen-bond donors (Lipinski definition) is 3. The van der Waals surface area contributed by atoms with Crippen molar-refractivity contribution in [2.45, 2.75) is 24.0 Å². The highest BCUT2D eigenvalue weighted by Crippen LogP contribution is 2.44. The van der Waals surface area contributed by atoms with Crippen LogP contribution >= 0.6 is 22.6 Å². The molecule has 38 heavy (non-hydrogen) atoms. The van der Waals surface area contributed by atoms with E-state index >= 15 is 13.2 Å². The summed E-state index contributed by atoms with van der Waals surface area (Å²) < 4.78 is 92.0. The number of amides is 1. The largest absolute Gasteiger partial charge is 0.383 e. The summed E-state index contributed by atoms with van der Waals surface area (Å²) in [6, 6.07) is 8.72. The highest BCUT2D eigenvalue weighted by molar-refractivity contribution is 14.1. The van der Waals surface area contributed by atoms with Gasteiger partial charge in [0, 0.05) is 17.1 Å². The number of hydrogen-bond acceptors (Lipinski definition) is 5. The topological polar surface area (TPSA) is 111 Å². The lowest BCUT2D eigenvalue weighted by atomic mass is 9.99. The predicted molar refractivity (Wildman–Crippen MR) is 143 cm³/mol. The van der Waals surface area contributed by atoms with E-state index in [9.17, 15) is 17.6 Å². The van der Waals surface area contributed by atoms with Crippen LogP contribution < -0.4 is 15.8 Å². The van der Waals surface area contributed by atoms with Crippen LogP contribution in [0, 0.1) is 26.8 Å². The predicted octanol–water partition coefficient (Wildman–Crippen LogP) is 5.20. The van der Waals surface area contributed by atoms with Crippen LogP contribution in [-0.2, 0) is 21.2 Å². The van der Waals surface area contributed by atoms with Gasteiger partial charge in [-0.25, -0.2) is 26.0 Å². The Balaban J connectivity index is 1.67. The van der Waals surface area contributed by atoms with E-state index in [0.717, 1.165) is 12.1 Å². The lowest BCUT2D eigenvalue weighted by molar-refractivity contribution is 0.100. The molecule has 0 atom stereocenters. The Kier molecular flexibility index (Phi) is 7.91. The molecule has 0 bridgehead atoms. The van der Waals surface area contributed by atoms with Gasteiger partial charge >= 0.3 is 0 Å². The summed E-state index contributed by atoms with van der Waals surface area (Å²) in [6.07, 6.45) is 0.167. The molecule has 0 unspecified atom stereocenters. The van der Waals surface area contributed by atoms with Crippen LogP contribution in [0.3, 0.4) is 0 Å². The van der Waals surface area contributed by atoms with Gasteiger partial charge < -0.3 is 15.8 Å². The van der Waals surface area contributed by atoms with Crippen molar-refractivity contribution in [2.24, 2.45) is 5.73 Å². The van der Waals surface area contributed by atoms with E-state index in [2.05, 4.69) is 10.0 Å². The minimum Gasteiger partial charge on any atom is -0.383 e. The Morgan fingerprint density at radius 1 is 1.03 bits per heavy atom. The van der Waals surface area contributed by atoms with Gasteiger partial charge in [-0.2, -0.15) is 0 Å². The Morgan fingerprint density at radius 2 is 1.74 bits per heavy atom. The minimum atomic E-state index is -4.00. The van der Waals surface area contributed by atoms with Gasteiger partial charge in [-0.1, -0.05) is 12.1 Å². The second-order valence-electron chi connectivity index (χ2n) is 8.88. The average molecular weight is 663 g/mol. The third-order valence-electron chi connectivity index (χ3n) is 6.23. The van der Waals surface area contributed by atoms with Crippen LogP contribution in [0.1, 0.15) is 34.3 Å². The van der Waals surface area contributed by atoms with Crippen LogP contribution in [0.4, 0.5) is 34.6 Å². The van der Waals surface area contributed by atoms with Crippen molar-refractivity contribution >= 4 is 55.6 Å². The maximum atomic E-state index is 15.3. The number of sulfonamides is 1. The lowest BCUT2D eigenvalue weighted by Gasteiger charge is -2.18. The maximum absolute atomic E-state index is 15.3. The van der Waals surface area contributed by atoms with Crippen molar-refractivity contribution in [3.63, 3.8) is 0 Å². The second-order valence-corrected chi connectivity index (χ2v) is 12.2. The highest BCUT2D eigenvalue weighted by Gasteiger charge is 2.55. The molecule has 0 aromatic heterocycles. The van der Waals surface area contributed by atoms with Gasteiger partial charge in [0.05, 0.1) is 29.2 Å². The number of anilines is 3. The first-order valence-corrected chi connectivity index (χ1v) is 13.8. The molecule has 0 aliphatic heterocycles. The van der Waals surface area contributed by atoms with Crippen LogP contribution in [0.25, 0.3) is 0 Å². The number of methoxy groups -OCH3 is 1. The van der Waals surface area contributed by atoms with E-state index in [0.29, 0.717) is 16.4 Å². The molecule has 4 N–H and O–H groups in total. The smallest absolute Gasteiger partial charge is 0.250 e. The van der Waals surface area contributed by atoms with E-state index < -0.39 is 67.2 Å². The minimum absolute atomic E-state index is 0.0590. The van der Waals surface area contributed by atoms with Gasteiger partial charge in [-0.15, -0.1) is 0 Å². The fraction of sp³-hybridized carbons (Fsp3) is 0.240. The third-order valence-corrected chi connectivity index (χ3v) is 9.05. The fourth-order valence-corrected chi connectivity index (χ4v) is 6.03. The molecule has 202 valence electrons. The van der Waals surface area contributed by atoms with E-state index in [1.165, 1.54) is 37.4 Å². The van der Waals surface area contributed by atoms with Gasteiger partial charge in [-0.05, 0) is 76.9 Å². The summed E-state index contributed by atoms with van der Waals surface area (Å²) >= 11 is 1.87. The first-order valence-electron chi connectivity index (χ1n) is 11.2. The molecule has 0 radical (unpaired) electrons. The molecule has 0 heterocycles. The maximum Gasteiger partial charge on any atom is 0.250 e. The molecule has 3 aromatic carbocycles. The Labute approximate surface area is 229 Å². The zero-order valence-electron chi connectivity index (χ0n) is 19.9. The lowest BCUT2D eigenvalue weighted by Crippen LogP contribution is -2.34. The monoisotopic (exact) mass is 663 g/mol. The molecule has 1 fully saturated rings.